The maximum absolute atomic E-state index is 8.06. The molecule has 46 valence electrons. The van der Waals surface area contributed by atoms with E-state index in [0.29, 0.717) is 4.90 Å². The largest absolute Gasteiger partial charge is 0.367 e. The lowest BCUT2D eigenvalue weighted by Crippen LogP contribution is -2.28. The van der Waals surface area contributed by atoms with E-state index in [0.717, 1.165) is 0 Å². The first-order valence-corrected chi connectivity index (χ1v) is 2.14. The Labute approximate surface area is 56.7 Å². The standard InChI is InChI=1S/C3H2ClN5/c4-8-3(7)9(1-5)2-6/h(H2,7,8). The Balaban J connectivity index is 4.22. The summed E-state index contributed by atoms with van der Waals surface area (Å²) in [5.74, 6) is -0.332. The van der Waals surface area contributed by atoms with Gasteiger partial charge < -0.3 is 5.73 Å². The summed E-state index contributed by atoms with van der Waals surface area (Å²) in [4.78, 5) is 0.479. The average molecular weight is 144 g/mol. The summed E-state index contributed by atoms with van der Waals surface area (Å²) in [6.07, 6.45) is 2.87. The molecule has 6 heteroatoms. The van der Waals surface area contributed by atoms with E-state index in [-0.39, 0.29) is 5.96 Å². The van der Waals surface area contributed by atoms with Gasteiger partial charge in [-0.15, -0.1) is 9.41 Å². The molecule has 0 bridgehead atoms. The predicted molar refractivity (Wildman–Crippen MR) is 30.5 cm³/mol. The molecular weight excluding hydrogens is 142 g/mol. The Morgan fingerprint density at radius 1 is 1.56 bits per heavy atom. The fraction of sp³-hybridized carbons (Fsp3) is 0. The minimum Gasteiger partial charge on any atom is -0.367 e. The average Bonchev–Trinajstić information content (AvgIpc) is 1.90. The van der Waals surface area contributed by atoms with Crippen molar-refractivity contribution in [2.24, 2.45) is 10.2 Å². The first-order valence-electron chi connectivity index (χ1n) is 1.80. The molecule has 0 heterocycles. The first kappa shape index (κ1) is 7.54. The highest BCUT2D eigenvalue weighted by atomic mass is 35.5. The van der Waals surface area contributed by atoms with Gasteiger partial charge in [-0.1, -0.05) is 0 Å². The summed E-state index contributed by atoms with van der Waals surface area (Å²) in [5, 5.41) is 16.1. The van der Waals surface area contributed by atoms with Gasteiger partial charge in [-0.3, -0.25) is 0 Å². The van der Waals surface area contributed by atoms with Gasteiger partial charge in [0.2, 0.25) is 18.3 Å². The lowest BCUT2D eigenvalue weighted by Gasteiger charge is -1.97. The van der Waals surface area contributed by atoms with Gasteiger partial charge in [0, 0.05) is 11.8 Å². The molecular formula is C3H2ClN5. The van der Waals surface area contributed by atoms with Crippen LogP contribution in [0.15, 0.2) is 4.51 Å². The van der Waals surface area contributed by atoms with Crippen molar-refractivity contribution >= 4 is 17.7 Å². The molecule has 0 amide bonds. The Morgan fingerprint density at radius 2 is 2.00 bits per heavy atom. The van der Waals surface area contributed by atoms with Gasteiger partial charge in [-0.2, -0.15) is 10.5 Å². The summed E-state index contributed by atoms with van der Waals surface area (Å²) < 4.78 is 2.88. The van der Waals surface area contributed by atoms with Crippen LogP contribution in [0.25, 0.3) is 0 Å². The van der Waals surface area contributed by atoms with Crippen molar-refractivity contribution in [1.29, 1.82) is 10.5 Å². The fourth-order valence-electron chi connectivity index (χ4n) is 0.163. The van der Waals surface area contributed by atoms with Crippen LogP contribution in [0.2, 0.25) is 0 Å². The molecule has 5 nitrogen and oxygen atoms in total. The van der Waals surface area contributed by atoms with Crippen molar-refractivity contribution < 1.29 is 0 Å². The number of hydrogen-bond donors (Lipinski definition) is 1. The van der Waals surface area contributed by atoms with Gasteiger partial charge in [-0.25, -0.2) is 0 Å². The number of nitrogens with two attached hydrogens (primary N) is 1. The van der Waals surface area contributed by atoms with Gasteiger partial charge in [0.1, 0.15) is 0 Å². The van der Waals surface area contributed by atoms with Gasteiger partial charge in [0.05, 0.1) is 0 Å². The molecule has 2 N–H and O–H groups in total. The summed E-state index contributed by atoms with van der Waals surface area (Å²) in [6.45, 7) is 0. The molecule has 0 atom stereocenters. The van der Waals surface area contributed by atoms with Gasteiger partial charge in [0.25, 0.3) is 0 Å². The summed E-state index contributed by atoms with van der Waals surface area (Å²) in [7, 11) is 0. The minimum atomic E-state index is -0.332. The van der Waals surface area contributed by atoms with E-state index in [1.165, 1.54) is 12.4 Å². The minimum absolute atomic E-state index is 0.332. The smallest absolute Gasteiger partial charge is 0.236 e. The highest BCUT2D eigenvalue weighted by molar-refractivity contribution is 6.19. The molecule has 0 aromatic carbocycles. The third-order valence-electron chi connectivity index (χ3n) is 0.516. The number of rotatable bonds is 0. The second-order valence-corrected chi connectivity index (χ2v) is 1.15. The number of hydrogen-bond acceptors (Lipinski definition) is 3. The molecule has 0 radical (unpaired) electrons. The van der Waals surface area contributed by atoms with Crippen LogP contribution in [-0.4, -0.2) is 10.9 Å². The molecule has 0 fully saturated rings. The molecule has 0 saturated carbocycles. The predicted octanol–water partition coefficient (Wildman–Crippen LogP) is -0.281. The summed E-state index contributed by atoms with van der Waals surface area (Å²) in [6, 6.07) is 0. The fourth-order valence-corrected chi connectivity index (χ4v) is 0.238. The Bertz CT molecular complexity index is 181. The summed E-state index contributed by atoms with van der Waals surface area (Å²) >= 11 is 4.82. The second-order valence-electron chi connectivity index (χ2n) is 0.978. The van der Waals surface area contributed by atoms with Gasteiger partial charge in [0.15, 0.2) is 0 Å². The lowest BCUT2D eigenvalue weighted by molar-refractivity contribution is 0.795. The number of halogens is 1. The monoisotopic (exact) mass is 143 g/mol. The molecule has 0 unspecified atom stereocenters. The van der Waals surface area contributed by atoms with Crippen LogP contribution in [-0.2, 0) is 0 Å². The van der Waals surface area contributed by atoms with Crippen LogP contribution in [0.5, 0.6) is 0 Å². The zero-order valence-electron chi connectivity index (χ0n) is 4.24. The maximum atomic E-state index is 8.06. The van der Waals surface area contributed by atoms with Gasteiger partial charge in [-0.05, 0) is 0 Å². The van der Waals surface area contributed by atoms with Crippen LogP contribution < -0.4 is 5.73 Å². The maximum Gasteiger partial charge on any atom is 0.236 e. The molecule has 0 spiro atoms. The zero-order valence-corrected chi connectivity index (χ0v) is 5.00. The highest BCUT2D eigenvalue weighted by Crippen LogP contribution is 1.83. The third-order valence-corrected chi connectivity index (χ3v) is 0.689. The lowest BCUT2D eigenvalue weighted by atomic mass is 10.8. The first-order chi connectivity index (χ1) is 4.26. The number of guanidine groups is 1. The van der Waals surface area contributed by atoms with E-state index in [2.05, 4.69) is 4.51 Å². The van der Waals surface area contributed by atoms with E-state index in [1.807, 2.05) is 0 Å². The molecule has 0 rings (SSSR count). The molecule has 0 aliphatic rings. The van der Waals surface area contributed by atoms with Crippen molar-refractivity contribution in [1.82, 2.24) is 4.90 Å². The van der Waals surface area contributed by atoms with Crippen molar-refractivity contribution in [3.63, 3.8) is 0 Å². The Kier molecular flexibility index (Phi) is 2.96. The van der Waals surface area contributed by atoms with Crippen LogP contribution in [0.4, 0.5) is 0 Å². The SMILES string of the molecule is N#CN(C#N)C(N)=NCl. The van der Waals surface area contributed by atoms with Crippen LogP contribution in [0, 0.1) is 22.9 Å². The quantitative estimate of drug-likeness (QED) is 0.219. The molecule has 0 aliphatic carbocycles. The van der Waals surface area contributed by atoms with Crippen molar-refractivity contribution in [3.05, 3.63) is 0 Å². The van der Waals surface area contributed by atoms with Crippen LogP contribution in [0.1, 0.15) is 0 Å². The van der Waals surface area contributed by atoms with E-state index in [1.54, 1.807) is 0 Å². The summed E-state index contributed by atoms with van der Waals surface area (Å²) in [5.41, 5.74) is 4.94. The Hall–Kier alpha value is -1.46. The van der Waals surface area contributed by atoms with Crippen molar-refractivity contribution in [3.8, 4) is 12.4 Å². The van der Waals surface area contributed by atoms with E-state index in [9.17, 15) is 0 Å². The van der Waals surface area contributed by atoms with Crippen LogP contribution >= 0.6 is 11.8 Å². The van der Waals surface area contributed by atoms with E-state index < -0.39 is 0 Å². The van der Waals surface area contributed by atoms with Gasteiger partial charge >= 0.3 is 0 Å². The zero-order chi connectivity index (χ0) is 7.28. The number of nitrogens with zero attached hydrogens (tertiary/aromatic N) is 4. The molecule has 0 aromatic heterocycles. The van der Waals surface area contributed by atoms with Crippen molar-refractivity contribution in [2.75, 3.05) is 0 Å². The molecule has 9 heavy (non-hydrogen) atoms. The highest BCUT2D eigenvalue weighted by Gasteiger charge is 2.01. The molecule has 0 aliphatic heterocycles. The second kappa shape index (κ2) is 3.53. The van der Waals surface area contributed by atoms with E-state index in [4.69, 9.17) is 28.0 Å². The normalized spacial score (nSPS) is 9.44. The molecule has 0 aromatic rings. The third kappa shape index (κ3) is 1.85. The van der Waals surface area contributed by atoms with Crippen molar-refractivity contribution in [2.45, 2.75) is 0 Å². The van der Waals surface area contributed by atoms with E-state index >= 15 is 0 Å². The molecule has 0 saturated heterocycles. The number of nitriles is 2. The Morgan fingerprint density at radius 3 is 2.11 bits per heavy atom. The van der Waals surface area contributed by atoms with Crippen LogP contribution in [0.3, 0.4) is 0 Å². The topological polar surface area (TPSA) is 89.2 Å².